The van der Waals surface area contributed by atoms with Crippen molar-refractivity contribution in [3.63, 3.8) is 0 Å². The van der Waals surface area contributed by atoms with Gasteiger partial charge in [0.15, 0.2) is 0 Å². The Morgan fingerprint density at radius 1 is 1.29 bits per heavy atom. The third kappa shape index (κ3) is 4.65. The smallest absolute Gasteiger partial charge is 0.383 e. The number of nitrogen functional groups attached to an aromatic ring is 1. The number of carbonyl (C=O) groups is 2. The maximum atomic E-state index is 13.2. The van der Waals surface area contributed by atoms with Crippen LogP contribution in [0.1, 0.15) is 43.4 Å². The number of amides is 2. The van der Waals surface area contributed by atoms with Crippen molar-refractivity contribution < 1.29 is 22.8 Å². The first-order chi connectivity index (χ1) is 14.4. The lowest BCUT2D eigenvalue weighted by Crippen LogP contribution is -2.55. The standard InChI is InChI=1S/C22H25F3N4O2/c1-13-7-8-21(3,15-5-4-6-16(10-15)22(23,24)25)29(12-13)20(31)19(30)28-17-9-14(2)18(26)27-11-17/h4-6,9-11,13H,7-8,12H2,1-3H3,(H2,26,27)(H,28,30)/t13-,21-/m0/s1. The molecule has 2 heterocycles. The summed E-state index contributed by atoms with van der Waals surface area (Å²) >= 11 is 0. The largest absolute Gasteiger partial charge is 0.416 e. The van der Waals surface area contributed by atoms with Crippen molar-refractivity contribution in [3.05, 3.63) is 53.2 Å². The molecule has 0 unspecified atom stereocenters. The number of halogens is 3. The van der Waals surface area contributed by atoms with E-state index >= 15 is 0 Å². The number of nitrogens with one attached hydrogen (secondary N) is 1. The number of likely N-dealkylation sites (tertiary alicyclic amines) is 1. The molecule has 2 aromatic rings. The van der Waals surface area contributed by atoms with Crippen LogP contribution in [-0.2, 0) is 21.3 Å². The molecule has 3 N–H and O–H groups in total. The van der Waals surface area contributed by atoms with Crippen LogP contribution >= 0.6 is 0 Å². The molecule has 1 aliphatic heterocycles. The Hall–Kier alpha value is -3.10. The van der Waals surface area contributed by atoms with Crippen LogP contribution < -0.4 is 11.1 Å². The number of hydrogen-bond acceptors (Lipinski definition) is 4. The molecule has 2 amide bonds. The maximum Gasteiger partial charge on any atom is 0.416 e. The Kier molecular flexibility index (Phi) is 5.98. The van der Waals surface area contributed by atoms with E-state index in [2.05, 4.69) is 10.3 Å². The summed E-state index contributed by atoms with van der Waals surface area (Å²) in [6.07, 6.45) is -1.99. The lowest BCUT2D eigenvalue weighted by Gasteiger charge is -2.47. The monoisotopic (exact) mass is 434 g/mol. The van der Waals surface area contributed by atoms with Crippen LogP contribution in [0.3, 0.4) is 0 Å². The molecule has 1 aliphatic rings. The van der Waals surface area contributed by atoms with Gasteiger partial charge in [-0.1, -0.05) is 19.1 Å². The molecular weight excluding hydrogens is 409 g/mol. The lowest BCUT2D eigenvalue weighted by atomic mass is 9.78. The van der Waals surface area contributed by atoms with Gasteiger partial charge in [-0.3, -0.25) is 9.59 Å². The van der Waals surface area contributed by atoms with Gasteiger partial charge < -0.3 is 16.0 Å². The number of anilines is 2. The summed E-state index contributed by atoms with van der Waals surface area (Å²) in [5, 5.41) is 2.52. The number of alkyl halides is 3. The zero-order chi connectivity index (χ0) is 23.0. The molecule has 31 heavy (non-hydrogen) atoms. The van der Waals surface area contributed by atoms with Gasteiger partial charge in [0.25, 0.3) is 0 Å². The molecule has 0 spiro atoms. The fraction of sp³-hybridized carbons (Fsp3) is 0.409. The minimum Gasteiger partial charge on any atom is -0.383 e. The number of pyridine rings is 1. The van der Waals surface area contributed by atoms with E-state index in [9.17, 15) is 22.8 Å². The van der Waals surface area contributed by atoms with Crippen LogP contribution in [0.2, 0.25) is 0 Å². The molecule has 1 aromatic carbocycles. The van der Waals surface area contributed by atoms with Crippen molar-refractivity contribution in [1.82, 2.24) is 9.88 Å². The average Bonchev–Trinajstić information content (AvgIpc) is 2.71. The molecule has 1 aromatic heterocycles. The number of aryl methyl sites for hydroxylation is 1. The summed E-state index contributed by atoms with van der Waals surface area (Å²) in [5.74, 6) is -1.26. The molecule has 2 atom stereocenters. The van der Waals surface area contributed by atoms with Crippen molar-refractivity contribution in [2.24, 2.45) is 5.92 Å². The van der Waals surface area contributed by atoms with Crippen LogP contribution in [0, 0.1) is 12.8 Å². The number of piperidine rings is 1. The third-order valence-electron chi connectivity index (χ3n) is 5.84. The highest BCUT2D eigenvalue weighted by atomic mass is 19.4. The SMILES string of the molecule is Cc1cc(NC(=O)C(=O)N2C[C@@H](C)CC[C@@]2(C)c2cccc(C(F)(F)F)c2)cnc1N. The Labute approximate surface area is 178 Å². The van der Waals surface area contributed by atoms with Crippen LogP contribution in [0.25, 0.3) is 0 Å². The Bertz CT molecular complexity index is 1010. The van der Waals surface area contributed by atoms with Gasteiger partial charge in [0, 0.05) is 6.54 Å². The van der Waals surface area contributed by atoms with E-state index in [0.717, 1.165) is 18.6 Å². The van der Waals surface area contributed by atoms with Gasteiger partial charge in [-0.25, -0.2) is 4.98 Å². The summed E-state index contributed by atoms with van der Waals surface area (Å²) in [7, 11) is 0. The van der Waals surface area contributed by atoms with Gasteiger partial charge in [-0.2, -0.15) is 13.2 Å². The molecule has 0 aliphatic carbocycles. The van der Waals surface area contributed by atoms with Gasteiger partial charge in [-0.05, 0) is 61.9 Å². The first kappa shape index (κ1) is 22.6. The fourth-order valence-corrected chi connectivity index (χ4v) is 3.87. The van der Waals surface area contributed by atoms with Gasteiger partial charge in [-0.15, -0.1) is 0 Å². The second-order valence-electron chi connectivity index (χ2n) is 8.29. The van der Waals surface area contributed by atoms with E-state index in [0.29, 0.717) is 29.1 Å². The molecule has 166 valence electrons. The molecule has 6 nitrogen and oxygen atoms in total. The van der Waals surface area contributed by atoms with Crippen LogP contribution in [0.5, 0.6) is 0 Å². The average molecular weight is 434 g/mol. The lowest BCUT2D eigenvalue weighted by molar-refractivity contribution is -0.150. The highest BCUT2D eigenvalue weighted by molar-refractivity contribution is 6.39. The van der Waals surface area contributed by atoms with Crippen molar-refractivity contribution in [1.29, 1.82) is 0 Å². The predicted molar refractivity (Wildman–Crippen MR) is 111 cm³/mol. The normalized spacial score (nSPS) is 21.6. The molecular formula is C22H25F3N4O2. The quantitative estimate of drug-likeness (QED) is 0.697. The van der Waals surface area contributed by atoms with Gasteiger partial charge in [0.2, 0.25) is 0 Å². The topological polar surface area (TPSA) is 88.3 Å². The highest BCUT2D eigenvalue weighted by Crippen LogP contribution is 2.41. The number of rotatable bonds is 2. The first-order valence-corrected chi connectivity index (χ1v) is 9.94. The Morgan fingerprint density at radius 2 is 2.00 bits per heavy atom. The van der Waals surface area contributed by atoms with Gasteiger partial charge in [0.05, 0.1) is 23.0 Å². The molecule has 1 saturated heterocycles. The van der Waals surface area contributed by atoms with E-state index in [1.54, 1.807) is 26.0 Å². The zero-order valence-electron chi connectivity index (χ0n) is 17.6. The molecule has 3 rings (SSSR count). The third-order valence-corrected chi connectivity index (χ3v) is 5.84. The van der Waals surface area contributed by atoms with E-state index in [-0.39, 0.29) is 12.5 Å². The number of hydrogen-bond donors (Lipinski definition) is 2. The molecule has 0 saturated carbocycles. The van der Waals surface area contributed by atoms with Crippen molar-refractivity contribution in [3.8, 4) is 0 Å². The number of benzene rings is 1. The maximum absolute atomic E-state index is 13.2. The minimum atomic E-state index is -4.50. The van der Waals surface area contributed by atoms with E-state index < -0.39 is 29.1 Å². The number of aromatic nitrogens is 1. The summed E-state index contributed by atoms with van der Waals surface area (Å²) in [6, 6.07) is 6.54. The second kappa shape index (κ2) is 8.20. The van der Waals surface area contributed by atoms with Crippen molar-refractivity contribution in [2.45, 2.75) is 45.3 Å². The molecule has 1 fully saturated rings. The van der Waals surface area contributed by atoms with Gasteiger partial charge in [0.1, 0.15) is 5.82 Å². The highest BCUT2D eigenvalue weighted by Gasteiger charge is 2.44. The Balaban J connectivity index is 1.91. The summed E-state index contributed by atoms with van der Waals surface area (Å²) in [6.45, 7) is 5.63. The summed E-state index contributed by atoms with van der Waals surface area (Å²) in [5.41, 5.74) is 5.15. The number of nitrogens with two attached hydrogens (primary N) is 1. The van der Waals surface area contributed by atoms with E-state index in [1.807, 2.05) is 6.92 Å². The summed E-state index contributed by atoms with van der Waals surface area (Å²) in [4.78, 5) is 31.2. The van der Waals surface area contributed by atoms with Crippen molar-refractivity contribution in [2.75, 3.05) is 17.6 Å². The fourth-order valence-electron chi connectivity index (χ4n) is 3.87. The van der Waals surface area contributed by atoms with Crippen LogP contribution in [0.15, 0.2) is 36.5 Å². The number of nitrogens with zero attached hydrogens (tertiary/aromatic N) is 2. The molecule has 0 radical (unpaired) electrons. The predicted octanol–water partition coefficient (Wildman–Crippen LogP) is 4.10. The van der Waals surface area contributed by atoms with Crippen molar-refractivity contribution >= 4 is 23.3 Å². The van der Waals surface area contributed by atoms with Crippen LogP contribution in [0.4, 0.5) is 24.7 Å². The Morgan fingerprint density at radius 3 is 2.65 bits per heavy atom. The number of carbonyl (C=O) groups excluding carboxylic acids is 2. The van der Waals surface area contributed by atoms with E-state index in [4.69, 9.17) is 5.73 Å². The second-order valence-corrected chi connectivity index (χ2v) is 8.29. The molecule has 9 heteroatoms. The minimum absolute atomic E-state index is 0.107. The van der Waals surface area contributed by atoms with Gasteiger partial charge >= 0.3 is 18.0 Å². The van der Waals surface area contributed by atoms with E-state index in [1.165, 1.54) is 17.2 Å². The van der Waals surface area contributed by atoms with Crippen LogP contribution in [-0.4, -0.2) is 28.2 Å². The first-order valence-electron chi connectivity index (χ1n) is 9.94. The summed E-state index contributed by atoms with van der Waals surface area (Å²) < 4.78 is 39.7. The zero-order valence-corrected chi connectivity index (χ0v) is 17.6. The molecule has 0 bridgehead atoms.